The van der Waals surface area contributed by atoms with Crippen molar-refractivity contribution in [2.75, 3.05) is 26.7 Å². The molecule has 0 radical (unpaired) electrons. The summed E-state index contributed by atoms with van der Waals surface area (Å²) in [6, 6.07) is 6.35. The van der Waals surface area contributed by atoms with Gasteiger partial charge in [-0.2, -0.15) is 0 Å². The smallest absolute Gasteiger partial charge is 0.303 e. The van der Waals surface area contributed by atoms with Gasteiger partial charge in [0.05, 0.1) is 31.3 Å². The lowest BCUT2D eigenvalue weighted by Crippen LogP contribution is -2.41. The Labute approximate surface area is 224 Å². The van der Waals surface area contributed by atoms with E-state index in [0.29, 0.717) is 74.1 Å². The molecule has 1 saturated heterocycles. The van der Waals surface area contributed by atoms with E-state index in [-0.39, 0.29) is 30.4 Å². The van der Waals surface area contributed by atoms with E-state index in [0.717, 1.165) is 6.20 Å². The monoisotopic (exact) mass is 548 g/mol. The first-order chi connectivity index (χ1) is 18.6. The zero-order chi connectivity index (χ0) is 28.2. The molecule has 1 aliphatic rings. The van der Waals surface area contributed by atoms with Crippen molar-refractivity contribution in [3.63, 3.8) is 0 Å². The molecule has 4 rings (SSSR count). The van der Waals surface area contributed by atoms with Gasteiger partial charge in [-0.15, -0.1) is 0 Å². The maximum Gasteiger partial charge on any atom is 0.303 e. The summed E-state index contributed by atoms with van der Waals surface area (Å²) in [5.74, 6) is -3.83. The highest BCUT2D eigenvalue weighted by Gasteiger charge is 2.37. The van der Waals surface area contributed by atoms with Gasteiger partial charge in [-0.3, -0.25) is 9.78 Å². The maximum absolute atomic E-state index is 14.8. The van der Waals surface area contributed by atoms with Crippen molar-refractivity contribution in [1.29, 1.82) is 0 Å². The van der Waals surface area contributed by atoms with Crippen molar-refractivity contribution in [2.24, 2.45) is 5.41 Å². The minimum Gasteiger partial charge on any atom is -0.497 e. The Hall–Kier alpha value is -3.24. The molecule has 0 unspecified atom stereocenters. The van der Waals surface area contributed by atoms with E-state index in [1.54, 1.807) is 18.2 Å². The zero-order valence-corrected chi connectivity index (χ0v) is 21.7. The van der Waals surface area contributed by atoms with Gasteiger partial charge >= 0.3 is 5.97 Å². The number of hydrogen-bond acceptors (Lipinski definition) is 5. The number of fused-ring (bicyclic) bond motifs is 1. The summed E-state index contributed by atoms with van der Waals surface area (Å²) in [6.45, 7) is 1.72. The summed E-state index contributed by atoms with van der Waals surface area (Å²) >= 11 is 0. The van der Waals surface area contributed by atoms with Crippen LogP contribution in [0.15, 0.2) is 36.5 Å². The number of nitrogens with zero attached hydrogens (tertiary/aromatic N) is 2. The third-order valence-corrected chi connectivity index (χ3v) is 7.80. The molecule has 210 valence electrons. The van der Waals surface area contributed by atoms with Gasteiger partial charge in [0.25, 0.3) is 0 Å². The molecule has 0 aliphatic carbocycles. The Kier molecular flexibility index (Phi) is 9.07. The number of methoxy groups -OCH3 is 1. The molecule has 2 N–H and O–H groups in total. The molecule has 1 aliphatic heterocycles. The van der Waals surface area contributed by atoms with E-state index in [4.69, 9.17) is 4.74 Å². The van der Waals surface area contributed by atoms with E-state index >= 15 is 0 Å². The van der Waals surface area contributed by atoms with Crippen molar-refractivity contribution in [3.8, 4) is 5.75 Å². The van der Waals surface area contributed by atoms with Gasteiger partial charge in [0.15, 0.2) is 0 Å². The summed E-state index contributed by atoms with van der Waals surface area (Å²) in [6.07, 6.45) is 2.08. The second kappa shape index (κ2) is 12.3. The minimum atomic E-state index is -1.16. The molecule has 0 spiro atoms. The van der Waals surface area contributed by atoms with Gasteiger partial charge < -0.3 is 19.8 Å². The lowest BCUT2D eigenvalue weighted by molar-refractivity contribution is -0.141. The van der Waals surface area contributed by atoms with Gasteiger partial charge in [-0.25, -0.2) is 17.6 Å². The Morgan fingerprint density at radius 2 is 1.79 bits per heavy atom. The lowest BCUT2D eigenvalue weighted by Gasteiger charge is -2.41. The van der Waals surface area contributed by atoms with Crippen molar-refractivity contribution in [1.82, 2.24) is 9.88 Å². The van der Waals surface area contributed by atoms with Crippen molar-refractivity contribution >= 4 is 16.9 Å². The van der Waals surface area contributed by atoms with Crippen molar-refractivity contribution in [2.45, 2.75) is 51.0 Å². The van der Waals surface area contributed by atoms with Crippen LogP contribution in [-0.4, -0.2) is 52.8 Å². The number of likely N-dealkylation sites (tertiary alicyclic amines) is 1. The molecule has 39 heavy (non-hydrogen) atoms. The van der Waals surface area contributed by atoms with Crippen LogP contribution in [0.5, 0.6) is 5.75 Å². The van der Waals surface area contributed by atoms with Crippen LogP contribution in [0.2, 0.25) is 0 Å². The zero-order valence-electron chi connectivity index (χ0n) is 21.7. The number of aliphatic hydroxyl groups excluding tert-OH is 1. The van der Waals surface area contributed by atoms with Crippen molar-refractivity contribution in [3.05, 3.63) is 70.9 Å². The summed E-state index contributed by atoms with van der Waals surface area (Å²) < 4.78 is 61.0. The Morgan fingerprint density at radius 1 is 1.10 bits per heavy atom. The minimum absolute atomic E-state index is 0.0764. The van der Waals surface area contributed by atoms with Crippen molar-refractivity contribution < 1.29 is 37.3 Å². The van der Waals surface area contributed by atoms with Crippen LogP contribution in [0, 0.1) is 28.7 Å². The van der Waals surface area contributed by atoms with E-state index in [2.05, 4.69) is 9.88 Å². The number of carboxylic acid groups (broad SMARTS) is 1. The van der Waals surface area contributed by atoms with Gasteiger partial charge in [-0.05, 0) is 81.8 Å². The summed E-state index contributed by atoms with van der Waals surface area (Å²) in [5.41, 5.74) is -0.0893. The molecule has 0 amide bonds. The van der Waals surface area contributed by atoms with Crippen LogP contribution >= 0.6 is 0 Å². The number of aliphatic hydroxyl groups is 1. The highest BCUT2D eigenvalue weighted by molar-refractivity contribution is 5.84. The number of carboxylic acids is 1. The number of carbonyl (C=O) groups is 1. The summed E-state index contributed by atoms with van der Waals surface area (Å²) in [7, 11) is 1.49. The third kappa shape index (κ3) is 6.86. The predicted molar refractivity (Wildman–Crippen MR) is 137 cm³/mol. The van der Waals surface area contributed by atoms with Crippen LogP contribution in [0.1, 0.15) is 55.8 Å². The summed E-state index contributed by atoms with van der Waals surface area (Å²) in [4.78, 5) is 17.9. The number of ether oxygens (including phenoxy) is 1. The van der Waals surface area contributed by atoms with Gasteiger partial charge in [-0.1, -0.05) is 0 Å². The molecule has 2 aromatic carbocycles. The predicted octanol–water partition coefficient (Wildman–Crippen LogP) is 5.80. The second-order valence-electron chi connectivity index (χ2n) is 10.3. The lowest BCUT2D eigenvalue weighted by atomic mass is 9.71. The molecule has 6 nitrogen and oxygen atoms in total. The first-order valence-corrected chi connectivity index (χ1v) is 13.0. The Balaban J connectivity index is 1.39. The Morgan fingerprint density at radius 3 is 2.44 bits per heavy atom. The van der Waals surface area contributed by atoms with Crippen LogP contribution in [0.25, 0.3) is 10.9 Å². The number of aliphatic carboxylic acids is 1. The van der Waals surface area contributed by atoms with Crippen LogP contribution < -0.4 is 4.74 Å². The first-order valence-electron chi connectivity index (χ1n) is 13.0. The van der Waals surface area contributed by atoms with E-state index in [9.17, 15) is 32.6 Å². The first kappa shape index (κ1) is 28.8. The fourth-order valence-corrected chi connectivity index (χ4v) is 5.60. The normalized spacial score (nSPS) is 16.4. The number of halogens is 4. The quantitative estimate of drug-likeness (QED) is 0.295. The van der Waals surface area contributed by atoms with E-state index in [1.165, 1.54) is 7.11 Å². The molecule has 10 heteroatoms. The van der Waals surface area contributed by atoms with Gasteiger partial charge in [0, 0.05) is 28.6 Å². The largest absolute Gasteiger partial charge is 0.497 e. The number of piperidine rings is 1. The third-order valence-electron chi connectivity index (χ3n) is 7.80. The fourth-order valence-electron chi connectivity index (χ4n) is 5.60. The van der Waals surface area contributed by atoms with Crippen LogP contribution in [0.3, 0.4) is 0 Å². The molecule has 1 fully saturated rings. The SMILES string of the molecule is COc1ccc2ncc(F)c([C@@H](O)CCC3(CC(=O)O)CCN(CCCc4c(F)cc(F)cc4F)CC3)c2c1. The van der Waals surface area contributed by atoms with Crippen LogP contribution in [-0.2, 0) is 11.2 Å². The topological polar surface area (TPSA) is 82.9 Å². The molecule has 1 aromatic heterocycles. The molecule has 1 atom stereocenters. The van der Waals surface area contributed by atoms with Gasteiger partial charge in [0.2, 0.25) is 0 Å². The molecule has 2 heterocycles. The van der Waals surface area contributed by atoms with E-state index < -0.39 is 40.8 Å². The summed E-state index contributed by atoms with van der Waals surface area (Å²) in [5, 5.41) is 21.1. The average molecular weight is 549 g/mol. The molecule has 0 bridgehead atoms. The van der Waals surface area contributed by atoms with E-state index in [1.807, 2.05) is 0 Å². The molecule has 3 aromatic rings. The highest BCUT2D eigenvalue weighted by Crippen LogP contribution is 2.42. The molecule has 0 saturated carbocycles. The highest BCUT2D eigenvalue weighted by atomic mass is 19.1. The number of rotatable bonds is 11. The van der Waals surface area contributed by atoms with Crippen LogP contribution in [0.4, 0.5) is 17.6 Å². The van der Waals surface area contributed by atoms with Gasteiger partial charge in [0.1, 0.15) is 29.0 Å². The maximum atomic E-state index is 14.8. The number of aromatic nitrogens is 1. The Bertz CT molecular complexity index is 1310. The average Bonchev–Trinajstić information content (AvgIpc) is 2.89. The fraction of sp³-hybridized carbons (Fsp3) is 0.448. The number of hydrogen-bond donors (Lipinski definition) is 2. The number of pyridine rings is 1. The molecular formula is C29H32F4N2O4. The molecular weight excluding hydrogens is 516 g/mol. The number of benzene rings is 2. The standard InChI is InChI=1S/C29H32F4N2O4/c1-39-19-4-5-25-21(15-19)28(24(33)17-34-25)26(36)6-7-29(16-27(37)38)8-11-35(12-9-29)10-2-3-20-22(31)13-18(30)14-23(20)32/h4-5,13-15,17,26,36H,2-3,6-12,16H2,1H3,(H,37,38)/t26-/m0/s1. The second-order valence-corrected chi connectivity index (χ2v) is 10.3.